The summed E-state index contributed by atoms with van der Waals surface area (Å²) >= 11 is 0. The zero-order chi connectivity index (χ0) is 13.9. The maximum atomic E-state index is 5.96. The molecule has 1 unspecified atom stereocenters. The van der Waals surface area contributed by atoms with Crippen LogP contribution in [0, 0.1) is 0 Å². The number of rotatable bonds is 4. The van der Waals surface area contributed by atoms with Crippen LogP contribution in [0.3, 0.4) is 0 Å². The summed E-state index contributed by atoms with van der Waals surface area (Å²) in [7, 11) is 2.09. The van der Waals surface area contributed by atoms with Crippen molar-refractivity contribution in [1.82, 2.24) is 9.55 Å². The molecule has 3 heteroatoms. The molecule has 3 nitrogen and oxygen atoms in total. The lowest BCUT2D eigenvalue weighted by atomic mass is 9.95. The van der Waals surface area contributed by atoms with Crippen molar-refractivity contribution in [3.63, 3.8) is 0 Å². The third-order valence-corrected chi connectivity index (χ3v) is 3.84. The molecule has 0 aliphatic heterocycles. The smallest absolute Gasteiger partial charge is 0.0480 e. The van der Waals surface area contributed by atoms with Crippen LogP contribution in [-0.4, -0.2) is 16.1 Å². The maximum Gasteiger partial charge on any atom is 0.0480 e. The van der Waals surface area contributed by atoms with Crippen molar-refractivity contribution in [2.75, 3.05) is 6.54 Å². The average molecular weight is 265 g/mol. The van der Waals surface area contributed by atoms with E-state index in [4.69, 9.17) is 5.73 Å². The second kappa shape index (κ2) is 5.47. The zero-order valence-electron chi connectivity index (χ0n) is 11.7. The molecule has 0 saturated carbocycles. The highest BCUT2D eigenvalue weighted by Crippen LogP contribution is 2.25. The van der Waals surface area contributed by atoms with Gasteiger partial charge in [-0.3, -0.25) is 4.98 Å². The van der Waals surface area contributed by atoms with Gasteiger partial charge in [0.25, 0.3) is 0 Å². The van der Waals surface area contributed by atoms with Gasteiger partial charge in [0.15, 0.2) is 0 Å². The van der Waals surface area contributed by atoms with Crippen LogP contribution >= 0.6 is 0 Å². The van der Waals surface area contributed by atoms with Gasteiger partial charge < -0.3 is 10.3 Å². The Bertz CT molecular complexity index is 701. The molecule has 2 N–H and O–H groups in total. The fraction of sp³-hybridized carbons (Fsp3) is 0.235. The Hall–Kier alpha value is -2.13. The molecule has 0 spiro atoms. The topological polar surface area (TPSA) is 43.8 Å². The van der Waals surface area contributed by atoms with E-state index < -0.39 is 0 Å². The molecular weight excluding hydrogens is 246 g/mol. The Morgan fingerprint density at radius 1 is 1.15 bits per heavy atom. The number of hydrogen-bond donors (Lipinski definition) is 1. The summed E-state index contributed by atoms with van der Waals surface area (Å²) in [5.41, 5.74) is 9.63. The van der Waals surface area contributed by atoms with Gasteiger partial charge in [-0.1, -0.05) is 24.3 Å². The minimum Gasteiger partial charge on any atom is -0.350 e. The Morgan fingerprint density at radius 2 is 1.95 bits per heavy atom. The highest BCUT2D eigenvalue weighted by Gasteiger charge is 2.15. The molecule has 0 amide bonds. The van der Waals surface area contributed by atoms with E-state index in [1.54, 1.807) is 0 Å². The second-order valence-corrected chi connectivity index (χ2v) is 5.17. The fourth-order valence-corrected chi connectivity index (χ4v) is 2.78. The zero-order valence-corrected chi connectivity index (χ0v) is 11.7. The molecule has 0 aliphatic rings. The molecule has 2 aromatic heterocycles. The van der Waals surface area contributed by atoms with Crippen molar-refractivity contribution >= 4 is 10.9 Å². The average Bonchev–Trinajstić information content (AvgIpc) is 2.82. The molecule has 0 fully saturated rings. The van der Waals surface area contributed by atoms with Gasteiger partial charge in [0.05, 0.1) is 0 Å². The molecule has 20 heavy (non-hydrogen) atoms. The standard InChI is InChI=1S/C17H19N3/c1-20-12-14(15-6-2-3-8-17(15)20)10-13(11-18)16-7-4-5-9-19-16/h2-9,12-13H,10-11,18H2,1H3. The number of aromatic nitrogens is 2. The molecule has 0 saturated heterocycles. The van der Waals surface area contributed by atoms with Crippen LogP contribution in [0.1, 0.15) is 17.2 Å². The van der Waals surface area contributed by atoms with Crippen LogP contribution in [0.5, 0.6) is 0 Å². The number of benzene rings is 1. The van der Waals surface area contributed by atoms with Crippen molar-refractivity contribution in [3.8, 4) is 0 Å². The van der Waals surface area contributed by atoms with Crippen LogP contribution < -0.4 is 5.73 Å². The molecule has 1 aromatic carbocycles. The third-order valence-electron chi connectivity index (χ3n) is 3.84. The highest BCUT2D eigenvalue weighted by atomic mass is 14.9. The van der Waals surface area contributed by atoms with E-state index in [0.29, 0.717) is 6.54 Å². The first-order valence-electron chi connectivity index (χ1n) is 6.93. The number of hydrogen-bond acceptors (Lipinski definition) is 2. The minimum atomic E-state index is 0.266. The van der Waals surface area contributed by atoms with E-state index in [0.717, 1.165) is 12.1 Å². The lowest BCUT2D eigenvalue weighted by molar-refractivity contribution is 0.673. The van der Waals surface area contributed by atoms with Crippen molar-refractivity contribution in [2.24, 2.45) is 12.8 Å². The van der Waals surface area contributed by atoms with Crippen LogP contribution in [0.4, 0.5) is 0 Å². The van der Waals surface area contributed by atoms with Crippen LogP contribution in [0.15, 0.2) is 54.9 Å². The van der Waals surface area contributed by atoms with Gasteiger partial charge in [-0.25, -0.2) is 0 Å². The molecule has 0 bridgehead atoms. The summed E-state index contributed by atoms with van der Waals surface area (Å²) in [5, 5.41) is 1.31. The Labute approximate surface area is 119 Å². The number of nitrogens with two attached hydrogens (primary N) is 1. The van der Waals surface area contributed by atoms with Crippen LogP contribution in [0.25, 0.3) is 10.9 Å². The summed E-state index contributed by atoms with van der Waals surface area (Å²) in [6, 6.07) is 14.5. The van der Waals surface area contributed by atoms with E-state index in [-0.39, 0.29) is 5.92 Å². The maximum absolute atomic E-state index is 5.96. The quantitative estimate of drug-likeness (QED) is 0.788. The molecule has 1 atom stereocenters. The lowest BCUT2D eigenvalue weighted by Crippen LogP contribution is -2.16. The number of fused-ring (bicyclic) bond motifs is 1. The SMILES string of the molecule is Cn1cc(CC(CN)c2ccccn2)c2ccccc21. The Kier molecular flexibility index (Phi) is 3.52. The van der Waals surface area contributed by atoms with E-state index in [2.05, 4.69) is 53.1 Å². The van der Waals surface area contributed by atoms with E-state index in [1.807, 2.05) is 18.3 Å². The molecular formula is C17H19N3. The number of pyridine rings is 1. The lowest BCUT2D eigenvalue weighted by Gasteiger charge is -2.13. The Balaban J connectivity index is 1.96. The first kappa shape index (κ1) is 12.9. The highest BCUT2D eigenvalue weighted by molar-refractivity contribution is 5.83. The van der Waals surface area contributed by atoms with Gasteiger partial charge in [0.2, 0.25) is 0 Å². The largest absolute Gasteiger partial charge is 0.350 e. The summed E-state index contributed by atoms with van der Waals surface area (Å²) in [6.45, 7) is 0.611. The Morgan fingerprint density at radius 3 is 2.70 bits per heavy atom. The molecule has 3 aromatic rings. The molecule has 3 rings (SSSR count). The van der Waals surface area contributed by atoms with Gasteiger partial charge in [-0.15, -0.1) is 0 Å². The molecule has 102 valence electrons. The summed E-state index contributed by atoms with van der Waals surface area (Å²) < 4.78 is 2.18. The predicted octanol–water partition coefficient (Wildman–Crippen LogP) is 2.86. The van der Waals surface area contributed by atoms with Crippen LogP contribution in [-0.2, 0) is 13.5 Å². The number of nitrogens with zero attached hydrogens (tertiary/aromatic N) is 2. The van der Waals surface area contributed by atoms with E-state index in [9.17, 15) is 0 Å². The summed E-state index contributed by atoms with van der Waals surface area (Å²) in [5.74, 6) is 0.266. The van der Waals surface area contributed by atoms with E-state index >= 15 is 0 Å². The van der Waals surface area contributed by atoms with Crippen molar-refractivity contribution < 1.29 is 0 Å². The number of aryl methyl sites for hydroxylation is 1. The summed E-state index contributed by atoms with van der Waals surface area (Å²) in [4.78, 5) is 4.45. The fourth-order valence-electron chi connectivity index (χ4n) is 2.78. The van der Waals surface area contributed by atoms with Gasteiger partial charge in [-0.2, -0.15) is 0 Å². The summed E-state index contributed by atoms with van der Waals surface area (Å²) in [6.07, 6.45) is 4.96. The monoisotopic (exact) mass is 265 g/mol. The van der Waals surface area contributed by atoms with Crippen molar-refractivity contribution in [3.05, 3.63) is 66.1 Å². The second-order valence-electron chi connectivity index (χ2n) is 5.17. The first-order chi connectivity index (χ1) is 9.79. The predicted molar refractivity (Wildman–Crippen MR) is 82.7 cm³/mol. The van der Waals surface area contributed by atoms with Crippen LogP contribution in [0.2, 0.25) is 0 Å². The van der Waals surface area contributed by atoms with Crippen molar-refractivity contribution in [1.29, 1.82) is 0 Å². The minimum absolute atomic E-state index is 0.266. The molecule has 0 aliphatic carbocycles. The normalized spacial score (nSPS) is 12.7. The van der Waals surface area contributed by atoms with Gasteiger partial charge in [0, 0.05) is 48.5 Å². The number of para-hydroxylation sites is 1. The van der Waals surface area contributed by atoms with Crippen molar-refractivity contribution in [2.45, 2.75) is 12.3 Å². The van der Waals surface area contributed by atoms with Gasteiger partial charge in [-0.05, 0) is 30.2 Å². The third kappa shape index (κ3) is 2.32. The first-order valence-corrected chi connectivity index (χ1v) is 6.93. The molecule has 2 heterocycles. The van der Waals surface area contributed by atoms with Gasteiger partial charge in [0.1, 0.15) is 0 Å². The van der Waals surface area contributed by atoms with Gasteiger partial charge >= 0.3 is 0 Å². The van der Waals surface area contributed by atoms with E-state index in [1.165, 1.54) is 16.5 Å². The molecule has 0 radical (unpaired) electrons.